The van der Waals surface area contributed by atoms with Crippen molar-refractivity contribution in [2.24, 2.45) is 0 Å². The third-order valence-corrected chi connectivity index (χ3v) is 3.16. The summed E-state index contributed by atoms with van der Waals surface area (Å²) in [5.41, 5.74) is 0.723. The zero-order chi connectivity index (χ0) is 17.5. The van der Waals surface area contributed by atoms with Gasteiger partial charge in [-0.05, 0) is 36.8 Å². The van der Waals surface area contributed by atoms with E-state index in [-0.39, 0.29) is 18.1 Å². The van der Waals surface area contributed by atoms with Crippen molar-refractivity contribution in [2.45, 2.75) is 13.3 Å². The SMILES string of the molecule is CCOC(=O)Cc1ccc(Oc2ccc([N+](=O)[O-])cc2)c(OC)c1. The van der Waals surface area contributed by atoms with Crippen LogP contribution in [0, 0.1) is 10.1 Å². The van der Waals surface area contributed by atoms with Gasteiger partial charge in [0.2, 0.25) is 0 Å². The van der Waals surface area contributed by atoms with Crippen molar-refractivity contribution in [1.82, 2.24) is 0 Å². The second-order valence-electron chi connectivity index (χ2n) is 4.82. The number of non-ortho nitro benzene ring substituents is 1. The van der Waals surface area contributed by atoms with E-state index in [1.807, 2.05) is 0 Å². The van der Waals surface area contributed by atoms with Gasteiger partial charge in [0.1, 0.15) is 5.75 Å². The van der Waals surface area contributed by atoms with Crippen LogP contribution in [0.1, 0.15) is 12.5 Å². The minimum atomic E-state index is -0.478. The van der Waals surface area contributed by atoms with Gasteiger partial charge in [-0.15, -0.1) is 0 Å². The van der Waals surface area contributed by atoms with Gasteiger partial charge in [-0.2, -0.15) is 0 Å². The fourth-order valence-corrected chi connectivity index (χ4v) is 2.05. The zero-order valence-corrected chi connectivity index (χ0v) is 13.4. The Kier molecular flexibility index (Phi) is 5.73. The predicted octanol–water partition coefficient (Wildman–Crippen LogP) is 3.50. The van der Waals surface area contributed by atoms with Gasteiger partial charge in [-0.25, -0.2) is 0 Å². The molecule has 0 aliphatic carbocycles. The van der Waals surface area contributed by atoms with E-state index in [0.29, 0.717) is 23.9 Å². The number of carbonyl (C=O) groups excluding carboxylic acids is 1. The average Bonchev–Trinajstić information content (AvgIpc) is 2.57. The highest BCUT2D eigenvalue weighted by Gasteiger charge is 2.11. The Balaban J connectivity index is 2.15. The molecule has 2 aromatic carbocycles. The lowest BCUT2D eigenvalue weighted by molar-refractivity contribution is -0.384. The molecule has 2 rings (SSSR count). The monoisotopic (exact) mass is 331 g/mol. The smallest absolute Gasteiger partial charge is 0.310 e. The van der Waals surface area contributed by atoms with Crippen molar-refractivity contribution in [1.29, 1.82) is 0 Å². The molecule has 24 heavy (non-hydrogen) atoms. The van der Waals surface area contributed by atoms with Crippen molar-refractivity contribution in [3.8, 4) is 17.2 Å². The highest BCUT2D eigenvalue weighted by atomic mass is 16.6. The maximum atomic E-state index is 11.5. The Morgan fingerprint density at radius 2 is 1.83 bits per heavy atom. The number of carbonyl (C=O) groups is 1. The molecular weight excluding hydrogens is 314 g/mol. The molecule has 0 fully saturated rings. The van der Waals surface area contributed by atoms with Crippen LogP contribution in [0.15, 0.2) is 42.5 Å². The van der Waals surface area contributed by atoms with E-state index in [1.165, 1.54) is 31.4 Å². The summed E-state index contributed by atoms with van der Waals surface area (Å²) < 4.78 is 15.9. The molecule has 0 radical (unpaired) electrons. The van der Waals surface area contributed by atoms with Crippen LogP contribution in [0.4, 0.5) is 5.69 Å². The number of rotatable bonds is 7. The summed E-state index contributed by atoms with van der Waals surface area (Å²) in [5.74, 6) is 1.02. The van der Waals surface area contributed by atoms with Crippen LogP contribution >= 0.6 is 0 Å². The van der Waals surface area contributed by atoms with Crippen LogP contribution in [-0.2, 0) is 16.0 Å². The number of nitrogens with zero attached hydrogens (tertiary/aromatic N) is 1. The molecule has 7 heteroatoms. The minimum absolute atomic E-state index is 0.0147. The van der Waals surface area contributed by atoms with Gasteiger partial charge in [-0.3, -0.25) is 14.9 Å². The van der Waals surface area contributed by atoms with Gasteiger partial charge >= 0.3 is 5.97 Å². The first-order chi connectivity index (χ1) is 11.5. The number of nitro benzene ring substituents is 1. The lowest BCUT2D eigenvalue weighted by Gasteiger charge is -2.12. The molecule has 0 saturated heterocycles. The largest absolute Gasteiger partial charge is 0.493 e. The Labute approximate surface area is 138 Å². The number of nitro groups is 1. The van der Waals surface area contributed by atoms with Gasteiger partial charge in [0.05, 0.1) is 25.1 Å². The average molecular weight is 331 g/mol. The zero-order valence-electron chi connectivity index (χ0n) is 13.4. The molecule has 0 aliphatic heterocycles. The molecule has 0 aliphatic rings. The number of ether oxygens (including phenoxy) is 3. The van der Waals surface area contributed by atoms with Crippen LogP contribution in [0.3, 0.4) is 0 Å². The topological polar surface area (TPSA) is 87.9 Å². The second kappa shape index (κ2) is 7.96. The van der Waals surface area contributed by atoms with Crippen molar-refractivity contribution in [3.05, 3.63) is 58.1 Å². The normalized spacial score (nSPS) is 10.1. The molecule has 0 atom stereocenters. The first kappa shape index (κ1) is 17.3. The molecule has 0 heterocycles. The maximum absolute atomic E-state index is 11.5. The standard InChI is InChI=1S/C17H17NO6/c1-3-23-17(19)11-12-4-9-15(16(10-12)22-2)24-14-7-5-13(6-8-14)18(20)21/h4-10H,3,11H2,1-2H3. The molecule has 126 valence electrons. The maximum Gasteiger partial charge on any atom is 0.310 e. The summed E-state index contributed by atoms with van der Waals surface area (Å²) in [6.07, 6.45) is 0.141. The highest BCUT2D eigenvalue weighted by Crippen LogP contribution is 2.33. The molecule has 0 spiro atoms. The third-order valence-electron chi connectivity index (χ3n) is 3.16. The molecule has 0 amide bonds. The highest BCUT2D eigenvalue weighted by molar-refractivity contribution is 5.73. The van der Waals surface area contributed by atoms with Gasteiger partial charge in [-0.1, -0.05) is 6.07 Å². The molecule has 0 bridgehead atoms. The number of hydrogen-bond acceptors (Lipinski definition) is 6. The Bertz CT molecular complexity index is 726. The first-order valence-electron chi connectivity index (χ1n) is 7.28. The van der Waals surface area contributed by atoms with Crippen molar-refractivity contribution in [2.75, 3.05) is 13.7 Å². The summed E-state index contributed by atoms with van der Waals surface area (Å²) in [7, 11) is 1.49. The molecule has 0 saturated carbocycles. The van der Waals surface area contributed by atoms with Gasteiger partial charge in [0.15, 0.2) is 11.5 Å². The second-order valence-corrected chi connectivity index (χ2v) is 4.82. The van der Waals surface area contributed by atoms with E-state index < -0.39 is 4.92 Å². The van der Waals surface area contributed by atoms with E-state index in [2.05, 4.69) is 0 Å². The van der Waals surface area contributed by atoms with E-state index in [0.717, 1.165) is 5.56 Å². The molecular formula is C17H17NO6. The number of methoxy groups -OCH3 is 1. The van der Waals surface area contributed by atoms with E-state index >= 15 is 0 Å². The first-order valence-corrected chi connectivity index (χ1v) is 7.28. The Morgan fingerprint density at radius 1 is 1.12 bits per heavy atom. The molecule has 0 aromatic heterocycles. The molecule has 2 aromatic rings. The van der Waals surface area contributed by atoms with Gasteiger partial charge < -0.3 is 14.2 Å². The van der Waals surface area contributed by atoms with Crippen molar-refractivity contribution >= 4 is 11.7 Å². The van der Waals surface area contributed by atoms with E-state index in [4.69, 9.17) is 14.2 Å². The number of benzene rings is 2. The summed E-state index contributed by atoms with van der Waals surface area (Å²) in [6, 6.07) is 10.8. The van der Waals surface area contributed by atoms with Gasteiger partial charge in [0.25, 0.3) is 5.69 Å². The summed E-state index contributed by atoms with van der Waals surface area (Å²) in [4.78, 5) is 21.7. The number of esters is 1. The van der Waals surface area contributed by atoms with Crippen LogP contribution in [-0.4, -0.2) is 24.6 Å². The number of hydrogen-bond donors (Lipinski definition) is 0. The molecule has 0 N–H and O–H groups in total. The minimum Gasteiger partial charge on any atom is -0.493 e. The Hall–Kier alpha value is -3.09. The lowest BCUT2D eigenvalue weighted by Crippen LogP contribution is -2.07. The van der Waals surface area contributed by atoms with Crippen molar-refractivity contribution in [3.63, 3.8) is 0 Å². The lowest BCUT2D eigenvalue weighted by atomic mass is 10.1. The predicted molar refractivity (Wildman–Crippen MR) is 86.5 cm³/mol. The summed E-state index contributed by atoms with van der Waals surface area (Å²) in [5, 5.41) is 10.7. The fourth-order valence-electron chi connectivity index (χ4n) is 2.05. The fraction of sp³-hybridized carbons (Fsp3) is 0.235. The Morgan fingerprint density at radius 3 is 2.42 bits per heavy atom. The third kappa shape index (κ3) is 4.45. The van der Waals surface area contributed by atoms with Gasteiger partial charge in [0, 0.05) is 12.1 Å². The van der Waals surface area contributed by atoms with Crippen LogP contribution < -0.4 is 9.47 Å². The summed E-state index contributed by atoms with van der Waals surface area (Å²) >= 11 is 0. The quantitative estimate of drug-likeness (QED) is 0.438. The van der Waals surface area contributed by atoms with Crippen LogP contribution in [0.2, 0.25) is 0 Å². The van der Waals surface area contributed by atoms with E-state index in [9.17, 15) is 14.9 Å². The van der Waals surface area contributed by atoms with Crippen LogP contribution in [0.5, 0.6) is 17.2 Å². The van der Waals surface area contributed by atoms with Crippen molar-refractivity contribution < 1.29 is 23.9 Å². The molecule has 7 nitrogen and oxygen atoms in total. The molecule has 0 unspecified atom stereocenters. The summed E-state index contributed by atoms with van der Waals surface area (Å²) in [6.45, 7) is 2.08. The van der Waals surface area contributed by atoms with E-state index in [1.54, 1.807) is 25.1 Å². The van der Waals surface area contributed by atoms with Crippen LogP contribution in [0.25, 0.3) is 0 Å².